The van der Waals surface area contributed by atoms with Crippen LogP contribution in [0.4, 0.5) is 0 Å². The fourth-order valence-electron chi connectivity index (χ4n) is 3.96. The Balaban J connectivity index is 2.12. The van der Waals surface area contributed by atoms with E-state index < -0.39 is 0 Å². The molecule has 0 aromatic carbocycles. The molecule has 2 heteroatoms. The van der Waals surface area contributed by atoms with Gasteiger partial charge in [-0.2, -0.15) is 0 Å². The Bertz CT molecular complexity index is 415. The molecule has 0 radical (unpaired) electrons. The molecule has 0 bridgehead atoms. The quantitative estimate of drug-likeness (QED) is 0.545. The van der Waals surface area contributed by atoms with E-state index in [1.807, 2.05) is 6.92 Å². The number of ketones is 1. The van der Waals surface area contributed by atoms with Crippen molar-refractivity contribution in [3.8, 4) is 0 Å². The minimum atomic E-state index is -0.191. The van der Waals surface area contributed by atoms with Gasteiger partial charge in [0.05, 0.1) is 0 Å². The number of hydrogen-bond acceptors (Lipinski definition) is 2. The van der Waals surface area contributed by atoms with Crippen LogP contribution in [0.2, 0.25) is 0 Å². The van der Waals surface area contributed by atoms with E-state index in [1.54, 1.807) is 0 Å². The standard InChI is InChI=1S/C19H32O2/c1-14(16(20)15-8-6-5-7-9-15)17(21)19(4)12-10-18(2,3)11-13-19/h15,21H,5-13H2,1-4H3. The van der Waals surface area contributed by atoms with Crippen LogP contribution < -0.4 is 0 Å². The number of aliphatic hydroxyl groups excluding tert-OH is 1. The van der Waals surface area contributed by atoms with Crippen molar-refractivity contribution in [3.63, 3.8) is 0 Å². The minimum Gasteiger partial charge on any atom is -0.511 e. The van der Waals surface area contributed by atoms with Crippen molar-refractivity contribution in [2.75, 3.05) is 0 Å². The Kier molecular flexibility index (Phi) is 4.85. The molecule has 0 aliphatic heterocycles. The lowest BCUT2D eigenvalue weighted by molar-refractivity contribution is -0.120. The lowest BCUT2D eigenvalue weighted by atomic mass is 9.64. The van der Waals surface area contributed by atoms with Crippen molar-refractivity contribution in [3.05, 3.63) is 11.3 Å². The molecule has 0 heterocycles. The highest BCUT2D eigenvalue weighted by Crippen LogP contribution is 2.48. The topological polar surface area (TPSA) is 37.3 Å². The van der Waals surface area contributed by atoms with Crippen LogP contribution in [0, 0.1) is 16.7 Å². The van der Waals surface area contributed by atoms with Crippen LogP contribution in [-0.2, 0) is 4.79 Å². The first-order valence-electron chi connectivity index (χ1n) is 8.70. The van der Waals surface area contributed by atoms with Crippen LogP contribution in [-0.4, -0.2) is 10.9 Å². The second-order valence-electron chi connectivity index (χ2n) is 8.40. The summed E-state index contributed by atoms with van der Waals surface area (Å²) >= 11 is 0. The first kappa shape index (κ1) is 16.6. The lowest BCUT2D eigenvalue weighted by Crippen LogP contribution is -2.32. The number of allylic oxidation sites excluding steroid dienone is 2. The molecule has 0 atom stereocenters. The highest BCUT2D eigenvalue weighted by Gasteiger charge is 2.39. The van der Waals surface area contributed by atoms with Gasteiger partial charge in [-0.25, -0.2) is 0 Å². The van der Waals surface area contributed by atoms with Crippen LogP contribution in [0.5, 0.6) is 0 Å². The van der Waals surface area contributed by atoms with Crippen LogP contribution in [0.3, 0.4) is 0 Å². The van der Waals surface area contributed by atoms with E-state index in [9.17, 15) is 9.90 Å². The van der Waals surface area contributed by atoms with Crippen LogP contribution >= 0.6 is 0 Å². The smallest absolute Gasteiger partial charge is 0.165 e. The van der Waals surface area contributed by atoms with Gasteiger partial charge in [0.1, 0.15) is 5.76 Å². The molecule has 21 heavy (non-hydrogen) atoms. The summed E-state index contributed by atoms with van der Waals surface area (Å²) in [6.45, 7) is 8.58. The monoisotopic (exact) mass is 292 g/mol. The highest BCUT2D eigenvalue weighted by molar-refractivity contribution is 5.97. The fourth-order valence-corrected chi connectivity index (χ4v) is 3.96. The zero-order chi connectivity index (χ0) is 15.7. The van der Waals surface area contributed by atoms with Crippen molar-refractivity contribution < 1.29 is 9.90 Å². The average molecular weight is 292 g/mol. The maximum Gasteiger partial charge on any atom is 0.165 e. The molecule has 2 aliphatic rings. The van der Waals surface area contributed by atoms with Gasteiger partial charge in [0.15, 0.2) is 5.78 Å². The number of hydrogen-bond donors (Lipinski definition) is 1. The van der Waals surface area contributed by atoms with Gasteiger partial charge in [-0.3, -0.25) is 4.79 Å². The predicted octanol–water partition coefficient (Wildman–Crippen LogP) is 5.57. The molecule has 0 saturated heterocycles. The van der Waals surface area contributed by atoms with Gasteiger partial charge < -0.3 is 5.11 Å². The Morgan fingerprint density at radius 3 is 2.00 bits per heavy atom. The molecule has 0 amide bonds. The third-order valence-electron chi connectivity index (χ3n) is 5.98. The molecule has 1 N–H and O–H groups in total. The summed E-state index contributed by atoms with van der Waals surface area (Å²) in [5.74, 6) is 0.747. The molecule has 120 valence electrons. The first-order valence-corrected chi connectivity index (χ1v) is 8.70. The Labute approximate surface area is 130 Å². The summed E-state index contributed by atoms with van der Waals surface area (Å²) < 4.78 is 0. The Morgan fingerprint density at radius 1 is 0.952 bits per heavy atom. The van der Waals surface area contributed by atoms with Crippen molar-refractivity contribution in [1.82, 2.24) is 0 Å². The van der Waals surface area contributed by atoms with E-state index in [4.69, 9.17) is 0 Å². The van der Waals surface area contributed by atoms with Crippen LogP contribution in [0.1, 0.15) is 85.5 Å². The predicted molar refractivity (Wildman–Crippen MR) is 87.3 cm³/mol. The lowest BCUT2D eigenvalue weighted by Gasteiger charge is -2.41. The van der Waals surface area contributed by atoms with Crippen molar-refractivity contribution in [2.24, 2.45) is 16.7 Å². The normalized spacial score (nSPS) is 27.0. The van der Waals surface area contributed by atoms with E-state index in [0.717, 1.165) is 51.4 Å². The van der Waals surface area contributed by atoms with E-state index in [2.05, 4.69) is 20.8 Å². The summed E-state index contributed by atoms with van der Waals surface area (Å²) in [5, 5.41) is 10.7. The third kappa shape index (κ3) is 3.70. The van der Waals surface area contributed by atoms with Gasteiger partial charge in [-0.1, -0.05) is 40.0 Å². The molecular weight excluding hydrogens is 260 g/mol. The minimum absolute atomic E-state index is 0.157. The number of carbonyl (C=O) groups is 1. The fraction of sp³-hybridized carbons (Fsp3) is 0.842. The molecular formula is C19H32O2. The van der Waals surface area contributed by atoms with Gasteiger partial charge in [-0.05, 0) is 50.9 Å². The summed E-state index contributed by atoms with van der Waals surface area (Å²) in [7, 11) is 0. The Morgan fingerprint density at radius 2 is 1.48 bits per heavy atom. The van der Waals surface area contributed by atoms with E-state index in [-0.39, 0.29) is 17.1 Å². The SMILES string of the molecule is CC(C(=O)C1CCCCC1)=C(O)C1(C)CCC(C)(C)CC1. The second kappa shape index (κ2) is 6.14. The summed E-state index contributed by atoms with van der Waals surface area (Å²) in [6.07, 6.45) is 9.82. The molecule has 2 nitrogen and oxygen atoms in total. The molecule has 2 saturated carbocycles. The number of rotatable bonds is 3. The molecule has 0 aromatic heterocycles. The molecule has 2 aliphatic carbocycles. The van der Waals surface area contributed by atoms with Crippen molar-refractivity contribution >= 4 is 5.78 Å². The molecule has 0 spiro atoms. The Hall–Kier alpha value is -0.790. The van der Waals surface area contributed by atoms with E-state index >= 15 is 0 Å². The maximum atomic E-state index is 12.6. The molecule has 0 unspecified atom stereocenters. The maximum absolute atomic E-state index is 12.6. The number of Topliss-reactive ketones (excluding diaryl/α,β-unsaturated/α-hetero) is 1. The van der Waals surface area contributed by atoms with E-state index in [0.29, 0.717) is 16.7 Å². The van der Waals surface area contributed by atoms with Crippen molar-refractivity contribution in [2.45, 2.75) is 85.5 Å². The third-order valence-corrected chi connectivity index (χ3v) is 5.98. The summed E-state index contributed by atoms with van der Waals surface area (Å²) in [5.41, 5.74) is 0.828. The van der Waals surface area contributed by atoms with Gasteiger partial charge in [0, 0.05) is 16.9 Å². The van der Waals surface area contributed by atoms with Gasteiger partial charge in [-0.15, -0.1) is 0 Å². The van der Waals surface area contributed by atoms with E-state index in [1.165, 1.54) is 6.42 Å². The van der Waals surface area contributed by atoms with Gasteiger partial charge >= 0.3 is 0 Å². The largest absolute Gasteiger partial charge is 0.511 e. The zero-order valence-electron chi connectivity index (χ0n) is 14.3. The van der Waals surface area contributed by atoms with Crippen molar-refractivity contribution in [1.29, 1.82) is 0 Å². The first-order chi connectivity index (χ1) is 9.75. The summed E-state index contributed by atoms with van der Waals surface area (Å²) in [6, 6.07) is 0. The zero-order valence-corrected chi connectivity index (χ0v) is 14.3. The summed E-state index contributed by atoms with van der Waals surface area (Å²) in [4.78, 5) is 12.6. The second-order valence-corrected chi connectivity index (χ2v) is 8.40. The molecule has 2 fully saturated rings. The van der Waals surface area contributed by atoms with Gasteiger partial charge in [0.2, 0.25) is 0 Å². The van der Waals surface area contributed by atoms with Crippen LogP contribution in [0.15, 0.2) is 11.3 Å². The highest BCUT2D eigenvalue weighted by atomic mass is 16.3. The van der Waals surface area contributed by atoms with Crippen LogP contribution in [0.25, 0.3) is 0 Å². The number of aliphatic hydroxyl groups is 1. The number of carbonyl (C=O) groups excluding carboxylic acids is 1. The average Bonchev–Trinajstić information content (AvgIpc) is 2.49. The van der Waals surface area contributed by atoms with Gasteiger partial charge in [0.25, 0.3) is 0 Å². The molecule has 0 aromatic rings. The molecule has 2 rings (SSSR count).